The lowest BCUT2D eigenvalue weighted by Gasteiger charge is -2.10. The molecule has 2 heterocycles. The van der Waals surface area contributed by atoms with Crippen molar-refractivity contribution in [3.05, 3.63) is 42.6 Å². The van der Waals surface area contributed by atoms with Crippen molar-refractivity contribution < 1.29 is 8.42 Å². The van der Waals surface area contributed by atoms with E-state index in [1.54, 1.807) is 6.92 Å². The van der Waals surface area contributed by atoms with Crippen molar-refractivity contribution in [2.24, 2.45) is 0 Å². The van der Waals surface area contributed by atoms with Gasteiger partial charge >= 0.3 is 0 Å². The summed E-state index contributed by atoms with van der Waals surface area (Å²) in [5.41, 5.74) is 1.67. The van der Waals surface area contributed by atoms with Crippen LogP contribution in [-0.4, -0.2) is 28.4 Å². The van der Waals surface area contributed by atoms with E-state index in [9.17, 15) is 8.42 Å². The van der Waals surface area contributed by atoms with Crippen molar-refractivity contribution in [2.45, 2.75) is 18.0 Å². The molecule has 1 atom stereocenters. The molecule has 3 N–H and O–H groups in total. The molecule has 3 aromatic rings. The molecule has 0 fully saturated rings. The lowest BCUT2D eigenvalue weighted by Crippen LogP contribution is -2.27. The van der Waals surface area contributed by atoms with Gasteiger partial charge in [0.2, 0.25) is 0 Å². The van der Waals surface area contributed by atoms with Crippen LogP contribution in [0.5, 0.6) is 0 Å². The Kier molecular flexibility index (Phi) is 3.03. The van der Waals surface area contributed by atoms with Gasteiger partial charge in [0, 0.05) is 0 Å². The highest BCUT2D eigenvalue weighted by Crippen LogP contribution is 2.17. The van der Waals surface area contributed by atoms with Gasteiger partial charge in [0.1, 0.15) is 5.82 Å². The summed E-state index contributed by atoms with van der Waals surface area (Å²) in [6.07, 6.45) is 2.58. The fraction of sp³-hybridized carbons (Fsp3) is 0.167. The summed E-state index contributed by atoms with van der Waals surface area (Å²) in [5.74, 6) is 0.564. The first kappa shape index (κ1) is 12.8. The minimum Gasteiger partial charge on any atom is -0.341 e. The maximum atomic E-state index is 12.1. The number of benzene rings is 1. The molecule has 0 aliphatic rings. The number of aromatic nitrogens is 4. The van der Waals surface area contributed by atoms with E-state index in [2.05, 4.69) is 24.7 Å². The van der Waals surface area contributed by atoms with Gasteiger partial charge < -0.3 is 9.97 Å². The van der Waals surface area contributed by atoms with Gasteiger partial charge in [-0.1, -0.05) is 12.1 Å². The summed E-state index contributed by atoms with van der Waals surface area (Å²) in [4.78, 5) is 13.7. The molecule has 2 aromatic heterocycles. The highest BCUT2D eigenvalue weighted by Gasteiger charge is 2.21. The normalized spacial score (nSPS) is 13.7. The van der Waals surface area contributed by atoms with Crippen LogP contribution in [-0.2, 0) is 10.0 Å². The number of nitrogens with zero attached hydrogens (tertiary/aromatic N) is 2. The third-order valence-electron chi connectivity index (χ3n) is 2.91. The van der Waals surface area contributed by atoms with Crippen molar-refractivity contribution in [1.29, 1.82) is 0 Å². The first-order valence-corrected chi connectivity index (χ1v) is 7.50. The van der Waals surface area contributed by atoms with E-state index in [4.69, 9.17) is 0 Å². The SMILES string of the molecule is CC(NS(=O)(=O)c1cnc[nH]1)c1nc2ccccc2[nH]1. The van der Waals surface area contributed by atoms with E-state index >= 15 is 0 Å². The zero-order valence-electron chi connectivity index (χ0n) is 10.7. The molecule has 3 rings (SSSR count). The van der Waals surface area contributed by atoms with E-state index in [0.717, 1.165) is 11.0 Å². The molecule has 1 unspecified atom stereocenters. The highest BCUT2D eigenvalue weighted by molar-refractivity contribution is 7.89. The average Bonchev–Trinajstić information content (AvgIpc) is 3.07. The average molecular weight is 291 g/mol. The Bertz CT molecular complexity index is 790. The number of nitrogens with one attached hydrogen (secondary N) is 3. The number of para-hydroxylation sites is 2. The van der Waals surface area contributed by atoms with Crippen LogP contribution in [0.15, 0.2) is 41.8 Å². The van der Waals surface area contributed by atoms with Gasteiger partial charge in [-0.3, -0.25) is 0 Å². The molecule has 0 aliphatic carbocycles. The number of fused-ring (bicyclic) bond motifs is 1. The monoisotopic (exact) mass is 291 g/mol. The topological polar surface area (TPSA) is 104 Å². The first-order valence-electron chi connectivity index (χ1n) is 6.01. The van der Waals surface area contributed by atoms with Crippen molar-refractivity contribution in [3.8, 4) is 0 Å². The fourth-order valence-corrected chi connectivity index (χ4v) is 3.03. The number of hydrogen-bond acceptors (Lipinski definition) is 4. The van der Waals surface area contributed by atoms with Gasteiger partial charge in [-0.15, -0.1) is 0 Å². The molecule has 0 aliphatic heterocycles. The Morgan fingerprint density at radius 2 is 2.10 bits per heavy atom. The van der Waals surface area contributed by atoms with Crippen molar-refractivity contribution in [2.75, 3.05) is 0 Å². The Morgan fingerprint density at radius 3 is 2.80 bits per heavy atom. The zero-order valence-corrected chi connectivity index (χ0v) is 11.5. The minimum absolute atomic E-state index is 0.0282. The van der Waals surface area contributed by atoms with Crippen LogP contribution in [0.25, 0.3) is 11.0 Å². The quantitative estimate of drug-likeness (QED) is 0.674. The Morgan fingerprint density at radius 1 is 1.30 bits per heavy atom. The van der Waals surface area contributed by atoms with Crippen LogP contribution >= 0.6 is 0 Å². The summed E-state index contributed by atoms with van der Waals surface area (Å²) in [6.45, 7) is 1.73. The fourth-order valence-electron chi connectivity index (χ4n) is 1.92. The maximum Gasteiger partial charge on any atom is 0.258 e. The number of H-pyrrole nitrogens is 2. The van der Waals surface area contributed by atoms with Gasteiger partial charge in [-0.25, -0.2) is 18.4 Å². The number of rotatable bonds is 4. The Hall–Kier alpha value is -2.19. The largest absolute Gasteiger partial charge is 0.341 e. The number of aromatic amines is 2. The van der Waals surface area contributed by atoms with E-state index in [1.807, 2.05) is 24.3 Å². The molecular formula is C12H13N5O2S. The van der Waals surface area contributed by atoms with E-state index < -0.39 is 16.1 Å². The second-order valence-electron chi connectivity index (χ2n) is 4.40. The number of imidazole rings is 2. The van der Waals surface area contributed by atoms with Crippen LogP contribution in [0, 0.1) is 0 Å². The van der Waals surface area contributed by atoms with Gasteiger partial charge in [0.15, 0.2) is 5.03 Å². The smallest absolute Gasteiger partial charge is 0.258 e. The molecule has 0 spiro atoms. The minimum atomic E-state index is -3.63. The summed E-state index contributed by atoms with van der Waals surface area (Å²) in [6, 6.07) is 7.06. The molecule has 1 aromatic carbocycles. The predicted molar refractivity (Wildman–Crippen MR) is 73.4 cm³/mol. The highest BCUT2D eigenvalue weighted by atomic mass is 32.2. The van der Waals surface area contributed by atoms with Crippen LogP contribution in [0.3, 0.4) is 0 Å². The second-order valence-corrected chi connectivity index (χ2v) is 6.08. The molecular weight excluding hydrogens is 278 g/mol. The van der Waals surface area contributed by atoms with Crippen molar-refractivity contribution >= 4 is 21.1 Å². The van der Waals surface area contributed by atoms with Gasteiger partial charge in [0.25, 0.3) is 10.0 Å². The summed E-state index contributed by atoms with van der Waals surface area (Å²) in [7, 11) is -3.63. The standard InChI is InChI=1S/C12H13N5O2S/c1-8(17-20(18,19)11-6-13-7-14-11)12-15-9-4-2-3-5-10(9)16-12/h2-8,17H,1H3,(H,13,14)(H,15,16). The third-order valence-corrected chi connectivity index (χ3v) is 4.38. The summed E-state index contributed by atoms with van der Waals surface area (Å²) >= 11 is 0. The van der Waals surface area contributed by atoms with Crippen LogP contribution in [0.1, 0.15) is 18.8 Å². The van der Waals surface area contributed by atoms with Gasteiger partial charge in [0.05, 0.1) is 29.6 Å². The van der Waals surface area contributed by atoms with E-state index in [0.29, 0.717) is 5.82 Å². The van der Waals surface area contributed by atoms with Crippen LogP contribution in [0.2, 0.25) is 0 Å². The van der Waals surface area contributed by atoms with E-state index in [-0.39, 0.29) is 5.03 Å². The molecule has 7 nitrogen and oxygen atoms in total. The molecule has 8 heteroatoms. The van der Waals surface area contributed by atoms with E-state index in [1.165, 1.54) is 12.5 Å². The molecule has 104 valence electrons. The Balaban J connectivity index is 1.88. The maximum absolute atomic E-state index is 12.1. The predicted octanol–water partition coefficient (Wildman–Crippen LogP) is 1.33. The molecule has 0 radical (unpaired) electrons. The summed E-state index contributed by atoms with van der Waals surface area (Å²) < 4.78 is 26.7. The number of hydrogen-bond donors (Lipinski definition) is 3. The molecule has 0 saturated heterocycles. The molecule has 0 saturated carbocycles. The Labute approximate surface area is 115 Å². The van der Waals surface area contributed by atoms with Crippen molar-refractivity contribution in [3.63, 3.8) is 0 Å². The zero-order chi connectivity index (χ0) is 14.2. The molecule has 0 amide bonds. The van der Waals surface area contributed by atoms with Crippen LogP contribution < -0.4 is 4.72 Å². The lowest BCUT2D eigenvalue weighted by molar-refractivity contribution is 0.558. The van der Waals surface area contributed by atoms with Crippen molar-refractivity contribution in [1.82, 2.24) is 24.7 Å². The second kappa shape index (κ2) is 4.73. The summed E-state index contributed by atoms with van der Waals surface area (Å²) in [5, 5.41) is 0.0282. The molecule has 20 heavy (non-hydrogen) atoms. The van der Waals surface area contributed by atoms with Crippen LogP contribution in [0.4, 0.5) is 0 Å². The van der Waals surface area contributed by atoms with Gasteiger partial charge in [-0.05, 0) is 19.1 Å². The molecule has 0 bridgehead atoms. The number of sulfonamides is 1. The third kappa shape index (κ3) is 2.30. The van der Waals surface area contributed by atoms with Gasteiger partial charge in [-0.2, -0.15) is 4.72 Å². The lowest BCUT2D eigenvalue weighted by atomic mass is 10.3. The first-order chi connectivity index (χ1) is 9.56.